The molecular weight excluding hydrogens is 406 g/mol. The lowest BCUT2D eigenvalue weighted by molar-refractivity contribution is 0.0939. The molecule has 0 aliphatic rings. The van der Waals surface area contributed by atoms with Crippen molar-refractivity contribution in [1.82, 2.24) is 5.32 Å². The molecule has 0 fully saturated rings. The van der Waals surface area contributed by atoms with E-state index in [1.165, 1.54) is 14.2 Å². The molecule has 1 N–H and O–H groups in total. The van der Waals surface area contributed by atoms with Crippen LogP contribution in [0.25, 0.3) is 0 Å². The molecular formula is C18H20BrNO4S. The number of rotatable bonds is 6. The maximum Gasteiger partial charge on any atom is 0.252 e. The third kappa shape index (κ3) is 4.61. The van der Waals surface area contributed by atoms with Crippen molar-refractivity contribution in [2.75, 3.05) is 20.5 Å². The first-order chi connectivity index (χ1) is 11.9. The van der Waals surface area contributed by atoms with Crippen molar-refractivity contribution in [3.63, 3.8) is 0 Å². The van der Waals surface area contributed by atoms with Crippen LogP contribution >= 0.6 is 15.9 Å². The highest BCUT2D eigenvalue weighted by molar-refractivity contribution is 9.10. The Labute approximate surface area is 158 Å². The van der Waals surface area contributed by atoms with E-state index in [4.69, 9.17) is 9.47 Å². The second-order valence-corrected chi connectivity index (χ2v) is 7.59. The first-order valence-electron chi connectivity index (χ1n) is 7.53. The van der Waals surface area contributed by atoms with Crippen LogP contribution in [-0.4, -0.2) is 30.6 Å². The lowest BCUT2D eigenvalue weighted by Gasteiger charge is -2.16. The van der Waals surface area contributed by atoms with Crippen molar-refractivity contribution < 1.29 is 18.5 Å². The SMILES string of the molecule is COc1cc(C(=O)N[C@@H](C)c2ccc([S@](C)=O)cc2)cc(OC)c1Br. The van der Waals surface area contributed by atoms with Crippen molar-refractivity contribution >= 4 is 32.6 Å². The number of halogens is 1. The van der Waals surface area contributed by atoms with Crippen LogP contribution in [0.5, 0.6) is 11.5 Å². The highest BCUT2D eigenvalue weighted by Crippen LogP contribution is 2.35. The number of ether oxygens (including phenoxy) is 2. The van der Waals surface area contributed by atoms with Crippen molar-refractivity contribution in [2.24, 2.45) is 0 Å². The van der Waals surface area contributed by atoms with E-state index >= 15 is 0 Å². The van der Waals surface area contributed by atoms with Gasteiger partial charge in [-0.15, -0.1) is 0 Å². The highest BCUT2D eigenvalue weighted by Gasteiger charge is 2.17. The van der Waals surface area contributed by atoms with Crippen LogP contribution in [-0.2, 0) is 10.8 Å². The Morgan fingerprint density at radius 1 is 1.12 bits per heavy atom. The summed E-state index contributed by atoms with van der Waals surface area (Å²) in [7, 11) is 2.04. The van der Waals surface area contributed by atoms with Gasteiger partial charge in [0.05, 0.1) is 20.3 Å². The predicted octanol–water partition coefficient (Wildman–Crippen LogP) is 3.69. The quantitative estimate of drug-likeness (QED) is 0.765. The summed E-state index contributed by atoms with van der Waals surface area (Å²) in [4.78, 5) is 13.3. The van der Waals surface area contributed by atoms with Gasteiger partial charge < -0.3 is 14.8 Å². The summed E-state index contributed by atoms with van der Waals surface area (Å²) in [5.74, 6) is 0.804. The second kappa shape index (κ2) is 8.49. The molecule has 0 aromatic heterocycles. The molecule has 134 valence electrons. The first kappa shape index (κ1) is 19.5. The Morgan fingerprint density at radius 2 is 1.64 bits per heavy atom. The predicted molar refractivity (Wildman–Crippen MR) is 102 cm³/mol. The Balaban J connectivity index is 2.19. The minimum atomic E-state index is -1.02. The average Bonchev–Trinajstić information content (AvgIpc) is 2.61. The van der Waals surface area contributed by atoms with E-state index in [9.17, 15) is 9.00 Å². The summed E-state index contributed by atoms with van der Waals surface area (Å²) in [5.41, 5.74) is 1.37. The van der Waals surface area contributed by atoms with Crippen molar-refractivity contribution in [3.05, 3.63) is 52.0 Å². The fourth-order valence-corrected chi connectivity index (χ4v) is 3.38. The van der Waals surface area contributed by atoms with Gasteiger partial charge in [-0.05, 0) is 52.7 Å². The number of carbonyl (C=O) groups is 1. The molecule has 0 aliphatic heterocycles. The molecule has 0 saturated carbocycles. The van der Waals surface area contributed by atoms with Gasteiger partial charge in [0.25, 0.3) is 5.91 Å². The van der Waals surface area contributed by atoms with E-state index in [0.29, 0.717) is 21.5 Å². The van der Waals surface area contributed by atoms with Crippen LogP contribution < -0.4 is 14.8 Å². The number of methoxy groups -OCH3 is 2. The van der Waals surface area contributed by atoms with Crippen LogP contribution in [0.3, 0.4) is 0 Å². The Hall–Kier alpha value is -1.86. The van der Waals surface area contributed by atoms with Gasteiger partial charge in [0.1, 0.15) is 16.0 Å². The van der Waals surface area contributed by atoms with E-state index in [-0.39, 0.29) is 11.9 Å². The molecule has 5 nitrogen and oxygen atoms in total. The van der Waals surface area contributed by atoms with Gasteiger partial charge >= 0.3 is 0 Å². The first-order valence-corrected chi connectivity index (χ1v) is 9.88. The standard InChI is InChI=1S/C18H20BrNO4S/c1-11(12-5-7-14(8-6-12)25(4)22)20-18(21)13-9-15(23-2)17(19)16(10-13)24-3/h5-11H,1-4H3,(H,20,21)/t11-,25-/m0/s1. The van der Waals surface area contributed by atoms with Crippen molar-refractivity contribution in [3.8, 4) is 11.5 Å². The zero-order valence-corrected chi connectivity index (χ0v) is 16.9. The minimum absolute atomic E-state index is 0.201. The second-order valence-electron chi connectivity index (χ2n) is 5.41. The third-order valence-electron chi connectivity index (χ3n) is 3.77. The van der Waals surface area contributed by atoms with E-state index in [1.54, 1.807) is 30.5 Å². The van der Waals surface area contributed by atoms with Gasteiger partial charge in [0.2, 0.25) is 0 Å². The zero-order valence-electron chi connectivity index (χ0n) is 14.5. The van der Waals surface area contributed by atoms with Gasteiger partial charge in [0, 0.05) is 27.5 Å². The molecule has 0 heterocycles. The Kier molecular flexibility index (Phi) is 6.61. The molecule has 0 spiro atoms. The molecule has 25 heavy (non-hydrogen) atoms. The molecule has 2 aromatic carbocycles. The largest absolute Gasteiger partial charge is 0.495 e. The summed E-state index contributed by atoms with van der Waals surface area (Å²) in [5, 5.41) is 2.94. The molecule has 0 unspecified atom stereocenters. The van der Waals surface area contributed by atoms with Gasteiger partial charge in [-0.25, -0.2) is 0 Å². The van der Waals surface area contributed by atoms with Gasteiger partial charge in [-0.2, -0.15) is 0 Å². The van der Waals surface area contributed by atoms with Crippen LogP contribution in [0, 0.1) is 0 Å². The third-order valence-corrected chi connectivity index (χ3v) is 5.49. The Morgan fingerprint density at radius 3 is 2.08 bits per heavy atom. The normalized spacial score (nSPS) is 13.0. The highest BCUT2D eigenvalue weighted by atomic mass is 79.9. The molecule has 0 saturated heterocycles. The molecule has 2 aromatic rings. The van der Waals surface area contributed by atoms with Gasteiger partial charge in [0.15, 0.2) is 0 Å². The Bertz CT molecular complexity index is 767. The monoisotopic (exact) mass is 425 g/mol. The van der Waals surface area contributed by atoms with E-state index in [1.807, 2.05) is 19.1 Å². The number of carbonyl (C=O) groups excluding carboxylic acids is 1. The number of nitrogens with one attached hydrogen (secondary N) is 1. The number of hydrogen-bond acceptors (Lipinski definition) is 4. The molecule has 1 amide bonds. The maximum absolute atomic E-state index is 12.6. The molecule has 0 aliphatic carbocycles. The zero-order chi connectivity index (χ0) is 18.6. The van der Waals surface area contributed by atoms with Crippen LogP contribution in [0.1, 0.15) is 28.9 Å². The lowest BCUT2D eigenvalue weighted by Crippen LogP contribution is -2.26. The summed E-state index contributed by atoms with van der Waals surface area (Å²) in [6.45, 7) is 1.89. The van der Waals surface area contributed by atoms with Crippen LogP contribution in [0.2, 0.25) is 0 Å². The summed E-state index contributed by atoms with van der Waals surface area (Å²) in [6.07, 6.45) is 1.63. The molecule has 2 atom stereocenters. The topological polar surface area (TPSA) is 64.6 Å². The fourth-order valence-electron chi connectivity index (χ4n) is 2.31. The van der Waals surface area contributed by atoms with Crippen LogP contribution in [0.4, 0.5) is 0 Å². The van der Waals surface area contributed by atoms with E-state index in [2.05, 4.69) is 21.2 Å². The van der Waals surface area contributed by atoms with Crippen molar-refractivity contribution in [2.45, 2.75) is 17.9 Å². The average molecular weight is 426 g/mol. The van der Waals surface area contributed by atoms with Crippen molar-refractivity contribution in [1.29, 1.82) is 0 Å². The molecule has 0 radical (unpaired) electrons. The van der Waals surface area contributed by atoms with Crippen LogP contribution in [0.15, 0.2) is 45.8 Å². The van der Waals surface area contributed by atoms with Gasteiger partial charge in [-0.1, -0.05) is 12.1 Å². The fraction of sp³-hybridized carbons (Fsp3) is 0.278. The summed E-state index contributed by atoms with van der Waals surface area (Å²) >= 11 is 3.38. The molecule has 2 rings (SSSR count). The maximum atomic E-state index is 12.6. The number of benzene rings is 2. The summed E-state index contributed by atoms with van der Waals surface area (Å²) < 4.78 is 22.6. The van der Waals surface area contributed by atoms with Gasteiger partial charge in [-0.3, -0.25) is 9.00 Å². The minimum Gasteiger partial charge on any atom is -0.495 e. The summed E-state index contributed by atoms with van der Waals surface area (Å²) in [6, 6.07) is 10.4. The molecule has 0 bridgehead atoms. The smallest absolute Gasteiger partial charge is 0.252 e. The van der Waals surface area contributed by atoms with E-state index < -0.39 is 10.8 Å². The number of hydrogen-bond donors (Lipinski definition) is 1. The number of amides is 1. The lowest BCUT2D eigenvalue weighted by atomic mass is 10.1. The van der Waals surface area contributed by atoms with E-state index in [0.717, 1.165) is 10.5 Å². The molecule has 7 heteroatoms.